The van der Waals surface area contributed by atoms with E-state index < -0.39 is 0 Å². The fourth-order valence-corrected chi connectivity index (χ4v) is 3.30. The second-order valence-electron chi connectivity index (χ2n) is 6.51. The van der Waals surface area contributed by atoms with Gasteiger partial charge in [0, 0.05) is 44.9 Å². The van der Waals surface area contributed by atoms with Crippen molar-refractivity contribution in [1.82, 2.24) is 14.9 Å². The molecule has 0 unspecified atom stereocenters. The minimum absolute atomic E-state index is 0.0584. The summed E-state index contributed by atoms with van der Waals surface area (Å²) in [6, 6.07) is 6.12. The highest BCUT2D eigenvalue weighted by Crippen LogP contribution is 2.22. The smallest absolute Gasteiger partial charge is 0.134 e. The van der Waals surface area contributed by atoms with Crippen LogP contribution in [0.3, 0.4) is 0 Å². The highest BCUT2D eigenvalue weighted by atomic mass is 16.3. The number of aryl methyl sites for hydroxylation is 1. The maximum absolute atomic E-state index is 9.48. The number of hydrogen-bond acceptors (Lipinski definition) is 8. The van der Waals surface area contributed by atoms with Crippen molar-refractivity contribution >= 4 is 11.6 Å². The standard InChI is InChI=1S/C18H27N5O3/c1-14-2-3-16(26-14)12-22-6-7-23(11-15(22)4-8-24)18-10-17(19-5-9-25)20-13-21-18/h2-3,10,13,15,24-25H,4-9,11-12H2,1H3,(H,19,20,21)/t15-/m1/s1. The summed E-state index contributed by atoms with van der Waals surface area (Å²) >= 11 is 0. The monoisotopic (exact) mass is 361 g/mol. The molecule has 0 aromatic carbocycles. The molecule has 0 spiro atoms. The summed E-state index contributed by atoms with van der Waals surface area (Å²) in [4.78, 5) is 13.1. The molecule has 2 aromatic heterocycles. The fourth-order valence-electron chi connectivity index (χ4n) is 3.30. The quantitative estimate of drug-likeness (QED) is 0.637. The topological polar surface area (TPSA) is 97.9 Å². The van der Waals surface area contributed by atoms with E-state index in [0.29, 0.717) is 18.8 Å². The Hall–Kier alpha value is -2.16. The number of aromatic nitrogens is 2. The third-order valence-corrected chi connectivity index (χ3v) is 4.62. The van der Waals surface area contributed by atoms with Crippen molar-refractivity contribution in [2.75, 3.05) is 49.6 Å². The van der Waals surface area contributed by atoms with Crippen LogP contribution in [0, 0.1) is 6.92 Å². The summed E-state index contributed by atoms with van der Waals surface area (Å²) in [5, 5.41) is 21.5. The first-order valence-corrected chi connectivity index (χ1v) is 9.01. The van der Waals surface area contributed by atoms with E-state index >= 15 is 0 Å². The largest absolute Gasteiger partial charge is 0.465 e. The first kappa shape index (κ1) is 18.6. The summed E-state index contributed by atoms with van der Waals surface area (Å²) in [6.45, 7) is 5.87. The molecule has 8 nitrogen and oxygen atoms in total. The van der Waals surface area contributed by atoms with E-state index in [1.54, 1.807) is 0 Å². The van der Waals surface area contributed by atoms with E-state index in [-0.39, 0.29) is 19.3 Å². The van der Waals surface area contributed by atoms with Crippen molar-refractivity contribution < 1.29 is 14.6 Å². The molecular formula is C18H27N5O3. The van der Waals surface area contributed by atoms with E-state index in [9.17, 15) is 5.11 Å². The van der Waals surface area contributed by atoms with E-state index in [4.69, 9.17) is 9.52 Å². The Bertz CT molecular complexity index is 693. The third kappa shape index (κ3) is 4.72. The highest BCUT2D eigenvalue weighted by molar-refractivity contribution is 5.49. The number of nitrogens with zero attached hydrogens (tertiary/aromatic N) is 4. The predicted molar refractivity (Wildman–Crippen MR) is 99.2 cm³/mol. The summed E-state index contributed by atoms with van der Waals surface area (Å²) in [7, 11) is 0. The maximum atomic E-state index is 9.48. The number of aliphatic hydroxyl groups is 2. The van der Waals surface area contributed by atoms with Crippen molar-refractivity contribution in [2.24, 2.45) is 0 Å². The van der Waals surface area contributed by atoms with Gasteiger partial charge in [0.25, 0.3) is 0 Å². The minimum Gasteiger partial charge on any atom is -0.465 e. The molecule has 3 N–H and O–H groups in total. The molecule has 142 valence electrons. The SMILES string of the molecule is Cc1ccc(CN2CCN(c3cc(NCCO)ncn3)C[C@H]2CCO)o1. The Labute approximate surface area is 153 Å². The van der Waals surface area contributed by atoms with Gasteiger partial charge in [0.1, 0.15) is 29.5 Å². The number of furan rings is 1. The lowest BCUT2D eigenvalue weighted by atomic mass is 10.1. The van der Waals surface area contributed by atoms with Crippen LogP contribution in [-0.2, 0) is 6.54 Å². The highest BCUT2D eigenvalue weighted by Gasteiger charge is 2.28. The van der Waals surface area contributed by atoms with Gasteiger partial charge >= 0.3 is 0 Å². The summed E-state index contributed by atoms with van der Waals surface area (Å²) < 4.78 is 5.71. The number of piperazine rings is 1. The van der Waals surface area contributed by atoms with E-state index in [1.807, 2.05) is 25.1 Å². The summed E-state index contributed by atoms with van der Waals surface area (Å²) in [5.74, 6) is 3.44. The zero-order valence-corrected chi connectivity index (χ0v) is 15.1. The first-order chi connectivity index (χ1) is 12.7. The van der Waals surface area contributed by atoms with Gasteiger partial charge in [-0.1, -0.05) is 0 Å². The molecule has 0 saturated carbocycles. The molecule has 1 aliphatic rings. The van der Waals surface area contributed by atoms with Crippen LogP contribution >= 0.6 is 0 Å². The zero-order valence-electron chi connectivity index (χ0n) is 15.1. The summed E-state index contributed by atoms with van der Waals surface area (Å²) in [5.41, 5.74) is 0. The van der Waals surface area contributed by atoms with E-state index in [0.717, 1.165) is 43.5 Å². The van der Waals surface area contributed by atoms with Crippen molar-refractivity contribution in [3.63, 3.8) is 0 Å². The molecule has 0 amide bonds. The predicted octanol–water partition coefficient (Wildman–Crippen LogP) is 0.855. The Morgan fingerprint density at radius 3 is 2.85 bits per heavy atom. The van der Waals surface area contributed by atoms with Crippen LogP contribution in [0.25, 0.3) is 0 Å². The lowest BCUT2D eigenvalue weighted by molar-refractivity contribution is 0.126. The average Bonchev–Trinajstić information content (AvgIpc) is 3.06. The van der Waals surface area contributed by atoms with Gasteiger partial charge in [-0.05, 0) is 25.5 Å². The molecule has 1 atom stereocenters. The minimum atomic E-state index is 0.0584. The molecule has 1 saturated heterocycles. The molecule has 3 heterocycles. The Kier molecular flexibility index (Phi) is 6.43. The molecule has 8 heteroatoms. The van der Waals surface area contributed by atoms with Gasteiger partial charge in [-0.25, -0.2) is 9.97 Å². The Morgan fingerprint density at radius 2 is 2.12 bits per heavy atom. The van der Waals surface area contributed by atoms with Gasteiger partial charge in [-0.2, -0.15) is 0 Å². The van der Waals surface area contributed by atoms with Crippen LogP contribution in [0.1, 0.15) is 17.9 Å². The Balaban J connectivity index is 1.67. The molecule has 1 fully saturated rings. The van der Waals surface area contributed by atoms with Gasteiger partial charge in [0.2, 0.25) is 0 Å². The number of anilines is 2. The van der Waals surface area contributed by atoms with Gasteiger partial charge in [-0.3, -0.25) is 4.90 Å². The zero-order chi connectivity index (χ0) is 18.4. The molecule has 0 radical (unpaired) electrons. The first-order valence-electron chi connectivity index (χ1n) is 9.01. The number of nitrogens with one attached hydrogen (secondary N) is 1. The van der Waals surface area contributed by atoms with Gasteiger partial charge in [0.05, 0.1) is 13.2 Å². The number of hydrogen-bond donors (Lipinski definition) is 3. The third-order valence-electron chi connectivity index (χ3n) is 4.62. The molecule has 26 heavy (non-hydrogen) atoms. The molecule has 1 aliphatic heterocycles. The van der Waals surface area contributed by atoms with Crippen LogP contribution in [0.15, 0.2) is 28.9 Å². The number of rotatable bonds is 8. The van der Waals surface area contributed by atoms with Crippen molar-refractivity contribution in [1.29, 1.82) is 0 Å². The molecule has 3 rings (SSSR count). The lowest BCUT2D eigenvalue weighted by Gasteiger charge is -2.41. The van der Waals surface area contributed by atoms with Crippen LogP contribution < -0.4 is 10.2 Å². The second-order valence-corrected chi connectivity index (χ2v) is 6.51. The Morgan fingerprint density at radius 1 is 1.23 bits per heavy atom. The second kappa shape index (κ2) is 8.98. The van der Waals surface area contributed by atoms with E-state index in [2.05, 4.69) is 25.1 Å². The lowest BCUT2D eigenvalue weighted by Crippen LogP contribution is -2.53. The van der Waals surface area contributed by atoms with Gasteiger partial charge in [-0.15, -0.1) is 0 Å². The van der Waals surface area contributed by atoms with Gasteiger partial charge < -0.3 is 24.8 Å². The van der Waals surface area contributed by atoms with Crippen molar-refractivity contribution in [2.45, 2.75) is 25.9 Å². The van der Waals surface area contributed by atoms with Crippen molar-refractivity contribution in [3.05, 3.63) is 36.0 Å². The maximum Gasteiger partial charge on any atom is 0.134 e. The molecule has 2 aromatic rings. The van der Waals surface area contributed by atoms with Crippen LogP contribution in [-0.4, -0.2) is 70.5 Å². The van der Waals surface area contributed by atoms with Crippen LogP contribution in [0.2, 0.25) is 0 Å². The average molecular weight is 361 g/mol. The van der Waals surface area contributed by atoms with E-state index in [1.165, 1.54) is 6.33 Å². The van der Waals surface area contributed by atoms with Gasteiger partial charge in [0.15, 0.2) is 0 Å². The molecule has 0 bridgehead atoms. The van der Waals surface area contributed by atoms with Crippen LogP contribution in [0.5, 0.6) is 0 Å². The molecule has 0 aliphatic carbocycles. The van der Waals surface area contributed by atoms with Crippen LogP contribution in [0.4, 0.5) is 11.6 Å². The van der Waals surface area contributed by atoms with Crippen molar-refractivity contribution in [3.8, 4) is 0 Å². The molecular weight excluding hydrogens is 334 g/mol. The normalized spacial score (nSPS) is 18.3. The summed E-state index contributed by atoms with van der Waals surface area (Å²) in [6.07, 6.45) is 2.24. The number of aliphatic hydroxyl groups excluding tert-OH is 2. The fraction of sp³-hybridized carbons (Fsp3) is 0.556.